The van der Waals surface area contributed by atoms with Gasteiger partial charge in [-0.3, -0.25) is 0 Å². The van der Waals surface area contributed by atoms with Crippen molar-refractivity contribution in [2.75, 3.05) is 13.2 Å². The van der Waals surface area contributed by atoms with E-state index in [2.05, 4.69) is 12.7 Å². The zero-order chi connectivity index (χ0) is 19.0. The van der Waals surface area contributed by atoms with E-state index in [0.717, 1.165) is 12.0 Å². The van der Waals surface area contributed by atoms with E-state index in [1.54, 1.807) is 6.92 Å². The largest absolute Gasteiger partial charge is 0.458 e. The van der Waals surface area contributed by atoms with Gasteiger partial charge in [0.05, 0.1) is 12.5 Å². The summed E-state index contributed by atoms with van der Waals surface area (Å²) in [5.74, 6) is -1.28. The Morgan fingerprint density at radius 1 is 1.42 bits per heavy atom. The van der Waals surface area contributed by atoms with Crippen molar-refractivity contribution in [3.63, 3.8) is 0 Å². The van der Waals surface area contributed by atoms with Gasteiger partial charge < -0.3 is 19.7 Å². The molecule has 0 bridgehead atoms. The van der Waals surface area contributed by atoms with Crippen molar-refractivity contribution < 1.29 is 29.3 Å². The topological polar surface area (TPSA) is 93.1 Å². The highest BCUT2D eigenvalue weighted by molar-refractivity contribution is 5.91. The van der Waals surface area contributed by atoms with Crippen LogP contribution in [-0.4, -0.2) is 47.6 Å². The molecule has 6 atom stereocenters. The van der Waals surface area contributed by atoms with E-state index in [4.69, 9.17) is 14.6 Å². The molecular formula is C20H26O6. The molecule has 1 saturated carbocycles. The quantitative estimate of drug-likeness (QED) is 0.448. The number of aliphatic hydroxyl groups excluding tert-OH is 2. The van der Waals surface area contributed by atoms with Crippen molar-refractivity contribution >= 4 is 11.9 Å². The van der Waals surface area contributed by atoms with Gasteiger partial charge in [-0.05, 0) is 44.6 Å². The van der Waals surface area contributed by atoms with E-state index in [1.807, 2.05) is 6.92 Å². The van der Waals surface area contributed by atoms with Crippen molar-refractivity contribution in [2.45, 2.75) is 38.9 Å². The number of aliphatic hydroxyl groups is 2. The predicted octanol–water partition coefficient (Wildman–Crippen LogP) is 1.53. The van der Waals surface area contributed by atoms with Crippen molar-refractivity contribution in [3.8, 4) is 0 Å². The van der Waals surface area contributed by atoms with Crippen molar-refractivity contribution in [2.24, 2.45) is 23.7 Å². The molecule has 1 aliphatic heterocycles. The van der Waals surface area contributed by atoms with Gasteiger partial charge in [-0.2, -0.15) is 0 Å². The lowest BCUT2D eigenvalue weighted by Gasteiger charge is -2.29. The van der Waals surface area contributed by atoms with Crippen molar-refractivity contribution in [1.29, 1.82) is 0 Å². The number of hydrogen-bond donors (Lipinski definition) is 2. The van der Waals surface area contributed by atoms with Gasteiger partial charge in [0.15, 0.2) is 0 Å². The summed E-state index contributed by atoms with van der Waals surface area (Å²) in [7, 11) is 0. The molecule has 0 aromatic heterocycles. The normalized spacial score (nSPS) is 36.8. The minimum Gasteiger partial charge on any atom is -0.458 e. The second-order valence-electron chi connectivity index (χ2n) is 7.49. The van der Waals surface area contributed by atoms with Crippen LogP contribution in [0.5, 0.6) is 0 Å². The molecule has 6 heteroatoms. The number of carbonyl (C=O) groups is 2. The molecule has 0 radical (unpaired) electrons. The van der Waals surface area contributed by atoms with E-state index in [0.29, 0.717) is 17.6 Å². The van der Waals surface area contributed by atoms with Crippen molar-refractivity contribution in [3.05, 3.63) is 35.5 Å². The molecular weight excluding hydrogens is 336 g/mol. The molecule has 2 fully saturated rings. The number of rotatable bonds is 4. The van der Waals surface area contributed by atoms with Crippen LogP contribution < -0.4 is 0 Å². The third-order valence-electron chi connectivity index (χ3n) is 6.07. The average Bonchev–Trinajstić information content (AvgIpc) is 3.07. The Kier molecular flexibility index (Phi) is 5.34. The number of allylic oxidation sites excluding steroid dienone is 1. The summed E-state index contributed by atoms with van der Waals surface area (Å²) in [4.78, 5) is 24.6. The summed E-state index contributed by atoms with van der Waals surface area (Å²) < 4.78 is 11.4. The fraction of sp³-hybridized carbons (Fsp3) is 0.600. The molecule has 1 saturated heterocycles. The second-order valence-corrected chi connectivity index (χ2v) is 7.49. The third-order valence-corrected chi connectivity index (χ3v) is 6.07. The first-order valence-corrected chi connectivity index (χ1v) is 9.04. The molecule has 0 amide bonds. The molecule has 6 nitrogen and oxygen atoms in total. The van der Waals surface area contributed by atoms with E-state index >= 15 is 0 Å². The molecule has 2 aliphatic carbocycles. The second kappa shape index (κ2) is 7.37. The molecule has 0 spiro atoms. The fourth-order valence-corrected chi connectivity index (χ4v) is 4.67. The Morgan fingerprint density at radius 2 is 2.15 bits per heavy atom. The molecule has 2 N–H and O–H groups in total. The lowest BCUT2D eigenvalue weighted by Crippen LogP contribution is -2.36. The average molecular weight is 362 g/mol. The summed E-state index contributed by atoms with van der Waals surface area (Å²) in [5.41, 5.74) is 1.78. The van der Waals surface area contributed by atoms with Gasteiger partial charge in [0, 0.05) is 23.7 Å². The number of fused-ring (bicyclic) bond motifs is 3. The maximum Gasteiger partial charge on any atom is 0.334 e. The molecule has 3 rings (SSSR count). The lowest BCUT2D eigenvalue weighted by atomic mass is 9.78. The highest BCUT2D eigenvalue weighted by Crippen LogP contribution is 2.51. The van der Waals surface area contributed by atoms with Gasteiger partial charge in [0.1, 0.15) is 12.2 Å². The highest BCUT2D eigenvalue weighted by Gasteiger charge is 2.55. The maximum absolute atomic E-state index is 12.4. The van der Waals surface area contributed by atoms with Gasteiger partial charge in [-0.25, -0.2) is 9.59 Å². The van der Waals surface area contributed by atoms with E-state index in [9.17, 15) is 14.7 Å². The molecule has 1 heterocycles. The van der Waals surface area contributed by atoms with Crippen LogP contribution in [0.3, 0.4) is 0 Å². The zero-order valence-corrected chi connectivity index (χ0v) is 15.2. The smallest absolute Gasteiger partial charge is 0.334 e. The molecule has 0 aromatic carbocycles. The molecule has 0 unspecified atom stereocenters. The first-order chi connectivity index (χ1) is 12.4. The minimum atomic E-state index is -0.593. The van der Waals surface area contributed by atoms with E-state index < -0.39 is 30.1 Å². The maximum atomic E-state index is 12.4. The number of ether oxygens (including phenoxy) is 2. The van der Waals surface area contributed by atoms with Crippen LogP contribution in [-0.2, 0) is 19.1 Å². The SMILES string of the molecule is C=C1C(=O)O[C@@H]2[C@H]3C(C)=CC[C@H]3[C@H](CO)C[C@@H](OC(=O)/C(C)=C/CO)[C@@H]12. The van der Waals surface area contributed by atoms with Crippen LogP contribution in [0.4, 0.5) is 0 Å². The first-order valence-electron chi connectivity index (χ1n) is 9.04. The van der Waals surface area contributed by atoms with E-state index in [-0.39, 0.29) is 31.0 Å². The van der Waals surface area contributed by atoms with Crippen LogP contribution in [0, 0.1) is 23.7 Å². The molecule has 0 aromatic rings. The Labute approximate surface area is 153 Å². The first kappa shape index (κ1) is 18.9. The van der Waals surface area contributed by atoms with E-state index in [1.165, 1.54) is 6.08 Å². The minimum absolute atomic E-state index is 0.0122. The van der Waals surface area contributed by atoms with Crippen LogP contribution in [0.1, 0.15) is 26.7 Å². The fourth-order valence-electron chi connectivity index (χ4n) is 4.67. The number of carbonyl (C=O) groups excluding carboxylic acids is 2. The van der Waals surface area contributed by atoms with Gasteiger partial charge in [0.2, 0.25) is 0 Å². The Bertz CT molecular complexity index is 676. The molecule has 142 valence electrons. The predicted molar refractivity (Wildman–Crippen MR) is 93.8 cm³/mol. The molecule has 26 heavy (non-hydrogen) atoms. The van der Waals surface area contributed by atoms with Gasteiger partial charge in [-0.15, -0.1) is 0 Å². The summed E-state index contributed by atoms with van der Waals surface area (Å²) in [6.45, 7) is 7.22. The van der Waals surface area contributed by atoms with Gasteiger partial charge in [0.25, 0.3) is 0 Å². The van der Waals surface area contributed by atoms with Crippen LogP contribution in [0.15, 0.2) is 35.5 Å². The van der Waals surface area contributed by atoms with Gasteiger partial charge in [-0.1, -0.05) is 18.2 Å². The standard InChI is InChI=1S/C20H26O6/c1-10-4-5-14-13(9-22)8-15(25-19(23)11(2)6-7-21)17-12(3)20(24)26-18(17)16(10)14/h4,6,13-18,21-22H,3,5,7-9H2,1-2H3/b11-6+/t13-,14-,15+,16-,17+,18+/m0/s1. The number of esters is 2. The summed E-state index contributed by atoms with van der Waals surface area (Å²) in [5, 5.41) is 18.9. The Balaban J connectivity index is 1.94. The van der Waals surface area contributed by atoms with Crippen LogP contribution in [0.2, 0.25) is 0 Å². The third kappa shape index (κ3) is 3.12. The lowest BCUT2D eigenvalue weighted by molar-refractivity contribution is -0.148. The van der Waals surface area contributed by atoms with Crippen molar-refractivity contribution in [1.82, 2.24) is 0 Å². The summed E-state index contributed by atoms with van der Waals surface area (Å²) in [6.07, 6.45) is 3.78. The summed E-state index contributed by atoms with van der Waals surface area (Å²) >= 11 is 0. The Morgan fingerprint density at radius 3 is 2.81 bits per heavy atom. The molecule has 3 aliphatic rings. The zero-order valence-electron chi connectivity index (χ0n) is 15.2. The number of hydrogen-bond acceptors (Lipinski definition) is 6. The van der Waals surface area contributed by atoms with Crippen LogP contribution in [0.25, 0.3) is 0 Å². The summed E-state index contributed by atoms with van der Waals surface area (Å²) in [6, 6.07) is 0. The highest BCUT2D eigenvalue weighted by atomic mass is 16.6. The van der Waals surface area contributed by atoms with Gasteiger partial charge >= 0.3 is 11.9 Å². The monoisotopic (exact) mass is 362 g/mol. The Hall–Kier alpha value is -1.92. The van der Waals surface area contributed by atoms with Crippen LogP contribution >= 0.6 is 0 Å².